The molecule has 24 heavy (non-hydrogen) atoms. The smallest absolute Gasteiger partial charge is 0.308 e. The highest BCUT2D eigenvalue weighted by molar-refractivity contribution is 5.78. The van der Waals surface area contributed by atoms with E-state index in [1.807, 2.05) is 6.07 Å². The van der Waals surface area contributed by atoms with Gasteiger partial charge in [0.1, 0.15) is 0 Å². The van der Waals surface area contributed by atoms with Crippen molar-refractivity contribution in [2.24, 2.45) is 5.92 Å². The van der Waals surface area contributed by atoms with Crippen molar-refractivity contribution >= 4 is 17.6 Å². The van der Waals surface area contributed by atoms with Crippen molar-refractivity contribution < 1.29 is 14.7 Å². The number of piperazine rings is 1. The van der Waals surface area contributed by atoms with Crippen LogP contribution in [0.4, 0.5) is 5.69 Å². The van der Waals surface area contributed by atoms with E-state index in [9.17, 15) is 9.59 Å². The van der Waals surface area contributed by atoms with Crippen molar-refractivity contribution in [2.45, 2.75) is 12.8 Å². The highest BCUT2D eigenvalue weighted by Gasteiger charge is 2.30. The van der Waals surface area contributed by atoms with Gasteiger partial charge in [-0.15, -0.1) is 0 Å². The normalized spacial score (nSPS) is 21.9. The Morgan fingerprint density at radius 3 is 2.38 bits per heavy atom. The zero-order chi connectivity index (χ0) is 16.9. The van der Waals surface area contributed by atoms with Crippen molar-refractivity contribution in [1.29, 1.82) is 0 Å². The maximum absolute atomic E-state index is 12.2. The molecule has 2 fully saturated rings. The second-order valence-electron chi connectivity index (χ2n) is 6.58. The standard InChI is InChI=1S/C18H25N3O3/c22-17(21-9-6-15(14-21)18(23)24)7-8-19-10-12-20(13-11-19)16-4-2-1-3-5-16/h1-5,15H,6-14H2,(H,23,24). The van der Waals surface area contributed by atoms with Gasteiger partial charge in [0, 0.05) is 57.9 Å². The zero-order valence-corrected chi connectivity index (χ0v) is 13.9. The molecule has 1 atom stereocenters. The minimum absolute atomic E-state index is 0.0873. The predicted octanol–water partition coefficient (Wildman–Crippen LogP) is 1.13. The molecule has 2 aliphatic rings. The summed E-state index contributed by atoms with van der Waals surface area (Å²) >= 11 is 0. The summed E-state index contributed by atoms with van der Waals surface area (Å²) in [7, 11) is 0. The molecule has 1 aromatic rings. The first-order valence-electron chi connectivity index (χ1n) is 8.66. The number of para-hydroxylation sites is 1. The number of likely N-dealkylation sites (tertiary alicyclic amines) is 1. The molecule has 0 aliphatic carbocycles. The quantitative estimate of drug-likeness (QED) is 0.876. The third-order valence-corrected chi connectivity index (χ3v) is 5.03. The molecule has 2 aliphatic heterocycles. The van der Waals surface area contributed by atoms with Crippen molar-refractivity contribution in [2.75, 3.05) is 50.7 Å². The summed E-state index contributed by atoms with van der Waals surface area (Å²) in [5.74, 6) is -1.09. The second kappa shape index (κ2) is 7.66. The molecular weight excluding hydrogens is 306 g/mol. The molecule has 0 spiro atoms. The van der Waals surface area contributed by atoms with Gasteiger partial charge in [-0.3, -0.25) is 14.5 Å². The van der Waals surface area contributed by atoms with Crippen LogP contribution in [-0.4, -0.2) is 72.6 Å². The molecule has 0 bridgehead atoms. The van der Waals surface area contributed by atoms with Gasteiger partial charge in [0.05, 0.1) is 5.92 Å². The maximum Gasteiger partial charge on any atom is 0.308 e. The Morgan fingerprint density at radius 2 is 1.75 bits per heavy atom. The summed E-state index contributed by atoms with van der Waals surface area (Å²) in [5, 5.41) is 9.01. The fraction of sp³-hybridized carbons (Fsp3) is 0.556. The van der Waals surface area contributed by atoms with Gasteiger partial charge in [-0.25, -0.2) is 0 Å². The van der Waals surface area contributed by atoms with Gasteiger partial charge in [0.15, 0.2) is 0 Å². The summed E-state index contributed by atoms with van der Waals surface area (Å²) < 4.78 is 0. The van der Waals surface area contributed by atoms with Crippen LogP contribution in [0.25, 0.3) is 0 Å². The number of amides is 1. The molecule has 1 N–H and O–H groups in total. The van der Waals surface area contributed by atoms with E-state index in [4.69, 9.17) is 5.11 Å². The number of carboxylic acid groups (broad SMARTS) is 1. The minimum Gasteiger partial charge on any atom is -0.481 e. The number of anilines is 1. The van der Waals surface area contributed by atoms with Crippen molar-refractivity contribution in [3.63, 3.8) is 0 Å². The fourth-order valence-corrected chi connectivity index (χ4v) is 3.47. The van der Waals surface area contributed by atoms with E-state index in [0.29, 0.717) is 25.9 Å². The number of nitrogens with zero attached hydrogens (tertiary/aromatic N) is 3. The minimum atomic E-state index is -0.790. The van der Waals surface area contributed by atoms with E-state index in [0.717, 1.165) is 32.7 Å². The lowest BCUT2D eigenvalue weighted by molar-refractivity contribution is -0.141. The molecule has 0 radical (unpaired) electrons. The Balaban J connectivity index is 1.39. The Kier molecular flexibility index (Phi) is 5.35. The zero-order valence-electron chi connectivity index (χ0n) is 13.9. The first kappa shape index (κ1) is 16.8. The van der Waals surface area contributed by atoms with Crippen LogP contribution in [0.1, 0.15) is 12.8 Å². The molecule has 1 amide bonds. The largest absolute Gasteiger partial charge is 0.481 e. The molecule has 0 aromatic heterocycles. The van der Waals surface area contributed by atoms with Gasteiger partial charge >= 0.3 is 5.97 Å². The lowest BCUT2D eigenvalue weighted by Crippen LogP contribution is -2.47. The van der Waals surface area contributed by atoms with Crippen LogP contribution in [0, 0.1) is 5.92 Å². The third kappa shape index (κ3) is 4.06. The molecule has 3 rings (SSSR count). The topological polar surface area (TPSA) is 64.1 Å². The number of carboxylic acids is 1. The Labute approximate surface area is 142 Å². The number of carbonyl (C=O) groups excluding carboxylic acids is 1. The first-order valence-corrected chi connectivity index (χ1v) is 8.66. The highest BCUT2D eigenvalue weighted by Crippen LogP contribution is 2.18. The lowest BCUT2D eigenvalue weighted by atomic mass is 10.1. The number of hydrogen-bond acceptors (Lipinski definition) is 4. The molecule has 6 heteroatoms. The third-order valence-electron chi connectivity index (χ3n) is 5.03. The van der Waals surface area contributed by atoms with Crippen LogP contribution in [0.2, 0.25) is 0 Å². The highest BCUT2D eigenvalue weighted by atomic mass is 16.4. The van der Waals surface area contributed by atoms with Gasteiger partial charge in [0.25, 0.3) is 0 Å². The molecule has 130 valence electrons. The number of benzene rings is 1. The molecule has 2 heterocycles. The van der Waals surface area contributed by atoms with Crippen LogP contribution >= 0.6 is 0 Å². The summed E-state index contributed by atoms with van der Waals surface area (Å²) in [6, 6.07) is 10.4. The summed E-state index contributed by atoms with van der Waals surface area (Å²) in [5.41, 5.74) is 1.25. The van der Waals surface area contributed by atoms with Gasteiger partial charge in [0.2, 0.25) is 5.91 Å². The maximum atomic E-state index is 12.2. The fourth-order valence-electron chi connectivity index (χ4n) is 3.47. The number of aliphatic carboxylic acids is 1. The molecule has 2 saturated heterocycles. The summed E-state index contributed by atoms with van der Waals surface area (Å²) in [4.78, 5) is 29.6. The van der Waals surface area contributed by atoms with Gasteiger partial charge < -0.3 is 14.9 Å². The van der Waals surface area contributed by atoms with E-state index >= 15 is 0 Å². The van der Waals surface area contributed by atoms with E-state index in [2.05, 4.69) is 34.1 Å². The molecule has 1 unspecified atom stereocenters. The predicted molar refractivity (Wildman–Crippen MR) is 92.0 cm³/mol. The van der Waals surface area contributed by atoms with Gasteiger partial charge in [-0.2, -0.15) is 0 Å². The molecule has 0 saturated carbocycles. The Bertz CT molecular complexity index is 570. The summed E-state index contributed by atoms with van der Waals surface area (Å²) in [6.45, 7) is 5.58. The van der Waals surface area contributed by atoms with E-state index in [-0.39, 0.29) is 11.8 Å². The average molecular weight is 331 g/mol. The average Bonchev–Trinajstić information content (AvgIpc) is 3.11. The van der Waals surface area contributed by atoms with Gasteiger partial charge in [-0.05, 0) is 18.6 Å². The SMILES string of the molecule is O=C(O)C1CCN(C(=O)CCN2CCN(c3ccccc3)CC2)C1. The first-order chi connectivity index (χ1) is 11.6. The van der Waals surface area contributed by atoms with E-state index < -0.39 is 5.97 Å². The number of rotatable bonds is 5. The van der Waals surface area contributed by atoms with Crippen LogP contribution < -0.4 is 4.90 Å². The molecular formula is C18H25N3O3. The van der Waals surface area contributed by atoms with Crippen molar-refractivity contribution in [3.05, 3.63) is 30.3 Å². The Morgan fingerprint density at radius 1 is 1.04 bits per heavy atom. The van der Waals surface area contributed by atoms with Crippen LogP contribution in [0.5, 0.6) is 0 Å². The second-order valence-corrected chi connectivity index (χ2v) is 6.58. The van der Waals surface area contributed by atoms with Crippen molar-refractivity contribution in [1.82, 2.24) is 9.80 Å². The number of carbonyl (C=O) groups is 2. The number of hydrogen-bond donors (Lipinski definition) is 1. The monoisotopic (exact) mass is 331 g/mol. The Hall–Kier alpha value is -2.08. The van der Waals surface area contributed by atoms with Gasteiger partial charge in [-0.1, -0.05) is 18.2 Å². The van der Waals surface area contributed by atoms with Crippen LogP contribution in [0.3, 0.4) is 0 Å². The van der Waals surface area contributed by atoms with Crippen molar-refractivity contribution in [3.8, 4) is 0 Å². The molecule has 1 aromatic carbocycles. The summed E-state index contributed by atoms with van der Waals surface area (Å²) in [6.07, 6.45) is 1.06. The molecule has 6 nitrogen and oxygen atoms in total. The lowest BCUT2D eigenvalue weighted by Gasteiger charge is -2.36. The van der Waals surface area contributed by atoms with E-state index in [1.165, 1.54) is 5.69 Å². The van der Waals surface area contributed by atoms with Crippen LogP contribution in [-0.2, 0) is 9.59 Å². The van der Waals surface area contributed by atoms with Crippen LogP contribution in [0.15, 0.2) is 30.3 Å². The van der Waals surface area contributed by atoms with E-state index in [1.54, 1.807) is 4.90 Å².